The number of rotatable bonds is 9. The van der Waals surface area contributed by atoms with E-state index in [1.807, 2.05) is 38.1 Å². The van der Waals surface area contributed by atoms with Gasteiger partial charge in [0.15, 0.2) is 0 Å². The van der Waals surface area contributed by atoms with Crippen LogP contribution in [0, 0.1) is 5.92 Å². The van der Waals surface area contributed by atoms with Crippen LogP contribution in [-0.4, -0.2) is 44.5 Å². The lowest BCUT2D eigenvalue weighted by Crippen LogP contribution is -2.53. The van der Waals surface area contributed by atoms with Crippen molar-refractivity contribution in [1.29, 1.82) is 0 Å². The monoisotopic (exact) mass is 424 g/mol. The molecule has 0 unspecified atom stereocenters. The van der Waals surface area contributed by atoms with Crippen molar-refractivity contribution in [1.82, 2.24) is 15.6 Å². The third kappa shape index (κ3) is 6.40. The van der Waals surface area contributed by atoms with E-state index >= 15 is 0 Å². The van der Waals surface area contributed by atoms with Crippen molar-refractivity contribution in [2.45, 2.75) is 51.5 Å². The number of H-pyrrole nitrogens is 1. The number of nitrogens with one attached hydrogen (secondary N) is 3. The number of aromatic amines is 1. The maximum Gasteiger partial charge on any atom is 0.347 e. The summed E-state index contributed by atoms with van der Waals surface area (Å²) in [7, 11) is -4.66. The Labute approximate surface area is 169 Å². The minimum absolute atomic E-state index is 0.0599. The topological polar surface area (TPSA) is 158 Å². The van der Waals surface area contributed by atoms with Gasteiger partial charge in [0.25, 0.3) is 0 Å². The fourth-order valence-corrected chi connectivity index (χ4v) is 3.76. The van der Waals surface area contributed by atoms with E-state index in [2.05, 4.69) is 15.6 Å². The van der Waals surface area contributed by atoms with Crippen LogP contribution in [0.5, 0.6) is 0 Å². The van der Waals surface area contributed by atoms with Crippen LogP contribution >= 0.6 is 7.60 Å². The number of carbonyl (C=O) groups is 2. The molecule has 0 aliphatic carbocycles. The van der Waals surface area contributed by atoms with Crippen molar-refractivity contribution >= 4 is 30.3 Å². The summed E-state index contributed by atoms with van der Waals surface area (Å²) < 4.78 is 12.1. The van der Waals surface area contributed by atoms with Crippen LogP contribution in [0.2, 0.25) is 0 Å². The zero-order valence-electron chi connectivity index (χ0n) is 16.8. The highest BCUT2D eigenvalue weighted by molar-refractivity contribution is 7.52. The van der Waals surface area contributed by atoms with Crippen LogP contribution in [0.4, 0.5) is 0 Å². The molecule has 7 N–H and O–H groups in total. The van der Waals surface area contributed by atoms with Crippen LogP contribution in [-0.2, 0) is 20.6 Å². The summed E-state index contributed by atoms with van der Waals surface area (Å²) in [5.41, 5.74) is 7.07. The van der Waals surface area contributed by atoms with Gasteiger partial charge < -0.3 is 31.1 Å². The number of aromatic nitrogens is 1. The van der Waals surface area contributed by atoms with Gasteiger partial charge in [-0.2, -0.15) is 0 Å². The SMILES string of the molecule is CC(C)C[C@H](NC(=O)[C@@H](C)N)C(=O)N[C@@H](Cc1c[nH]c2ccccc12)P(=O)(O)O. The first-order chi connectivity index (χ1) is 13.5. The van der Waals surface area contributed by atoms with Crippen molar-refractivity contribution in [3.63, 3.8) is 0 Å². The largest absolute Gasteiger partial charge is 0.361 e. The number of hydrogen-bond donors (Lipinski definition) is 6. The van der Waals surface area contributed by atoms with Gasteiger partial charge in [-0.25, -0.2) is 0 Å². The second-order valence-corrected chi connectivity index (χ2v) is 9.46. The molecule has 1 heterocycles. The summed E-state index contributed by atoms with van der Waals surface area (Å²) in [6, 6.07) is 5.62. The van der Waals surface area contributed by atoms with E-state index in [9.17, 15) is 23.9 Å². The molecule has 0 aliphatic rings. The van der Waals surface area contributed by atoms with Gasteiger partial charge in [0.05, 0.1) is 6.04 Å². The maximum absolute atomic E-state index is 12.8. The second kappa shape index (κ2) is 9.54. The molecule has 0 aliphatic heterocycles. The Morgan fingerprint density at radius 3 is 2.38 bits per heavy atom. The van der Waals surface area contributed by atoms with Gasteiger partial charge in [0.2, 0.25) is 11.8 Å². The van der Waals surface area contributed by atoms with E-state index in [4.69, 9.17) is 5.73 Å². The highest BCUT2D eigenvalue weighted by atomic mass is 31.2. The summed E-state index contributed by atoms with van der Waals surface area (Å²) in [5.74, 6) is -2.51. The number of benzene rings is 1. The Morgan fingerprint density at radius 2 is 1.79 bits per heavy atom. The molecule has 1 aromatic heterocycles. The molecule has 2 aromatic rings. The van der Waals surface area contributed by atoms with Crippen molar-refractivity contribution < 1.29 is 23.9 Å². The van der Waals surface area contributed by atoms with Gasteiger partial charge >= 0.3 is 7.60 Å². The third-order valence-corrected chi connectivity index (χ3v) is 5.68. The highest BCUT2D eigenvalue weighted by Gasteiger charge is 2.34. The van der Waals surface area contributed by atoms with Crippen molar-refractivity contribution in [3.05, 3.63) is 36.0 Å². The quantitative estimate of drug-likeness (QED) is 0.332. The third-order valence-electron chi connectivity index (χ3n) is 4.56. The molecule has 0 spiro atoms. The van der Waals surface area contributed by atoms with Crippen LogP contribution < -0.4 is 16.4 Å². The summed E-state index contributed by atoms with van der Waals surface area (Å²) in [6.45, 7) is 5.25. The van der Waals surface area contributed by atoms with Crippen LogP contribution in [0.15, 0.2) is 30.5 Å². The van der Waals surface area contributed by atoms with E-state index < -0.39 is 37.3 Å². The number of hydrogen-bond acceptors (Lipinski definition) is 4. The molecule has 0 saturated heterocycles. The number of para-hydroxylation sites is 1. The first-order valence-corrected chi connectivity index (χ1v) is 11.1. The molecule has 1 aromatic carbocycles. The molecule has 29 heavy (non-hydrogen) atoms. The molecule has 0 fully saturated rings. The van der Waals surface area contributed by atoms with Gasteiger partial charge in [-0.1, -0.05) is 32.0 Å². The molecule has 10 heteroatoms. The number of nitrogens with two attached hydrogens (primary N) is 1. The molecule has 2 rings (SSSR count). The number of fused-ring (bicyclic) bond motifs is 1. The Balaban J connectivity index is 2.22. The average molecular weight is 424 g/mol. The summed E-state index contributed by atoms with van der Waals surface area (Å²) in [6.07, 6.45) is 1.92. The Kier molecular flexibility index (Phi) is 7.60. The minimum atomic E-state index is -4.66. The lowest BCUT2D eigenvalue weighted by molar-refractivity contribution is -0.130. The first-order valence-electron chi connectivity index (χ1n) is 9.45. The molecular formula is C19H29N4O5P. The van der Waals surface area contributed by atoms with E-state index in [0.29, 0.717) is 12.0 Å². The Bertz CT molecular complexity index is 905. The number of amides is 2. The molecule has 2 amide bonds. The van der Waals surface area contributed by atoms with Crippen molar-refractivity contribution in [3.8, 4) is 0 Å². The molecule has 0 radical (unpaired) electrons. The van der Waals surface area contributed by atoms with Crippen LogP contribution in [0.3, 0.4) is 0 Å². The molecule has 9 nitrogen and oxygen atoms in total. The molecule has 0 bridgehead atoms. The standard InChI is InChI=1S/C19H29N4O5P/c1-11(2)8-16(22-18(24)12(3)20)19(25)23-17(29(26,27)28)9-13-10-21-15-7-5-4-6-14(13)15/h4-7,10-12,16-17,21H,8-9,20H2,1-3H3,(H,22,24)(H,23,25)(H2,26,27,28)/t12-,16+,17-/m1/s1. The molecule has 0 saturated carbocycles. The van der Waals surface area contributed by atoms with Crippen molar-refractivity contribution in [2.75, 3.05) is 0 Å². The van der Waals surface area contributed by atoms with Crippen molar-refractivity contribution in [2.24, 2.45) is 11.7 Å². The lowest BCUT2D eigenvalue weighted by atomic mass is 10.0. The number of carbonyl (C=O) groups excluding carboxylic acids is 2. The Hall–Kier alpha value is -2.19. The minimum Gasteiger partial charge on any atom is -0.361 e. The summed E-state index contributed by atoms with van der Waals surface area (Å²) >= 11 is 0. The zero-order chi connectivity index (χ0) is 21.8. The Morgan fingerprint density at radius 1 is 1.14 bits per heavy atom. The van der Waals surface area contributed by atoms with Gasteiger partial charge in [0.1, 0.15) is 11.8 Å². The first kappa shape index (κ1) is 23.1. The molecule has 3 atom stereocenters. The summed E-state index contributed by atoms with van der Waals surface area (Å²) in [4.78, 5) is 47.4. The average Bonchev–Trinajstić information content (AvgIpc) is 3.02. The fraction of sp³-hybridized carbons (Fsp3) is 0.474. The molecular weight excluding hydrogens is 395 g/mol. The maximum atomic E-state index is 12.8. The fourth-order valence-electron chi connectivity index (χ4n) is 3.03. The van der Waals surface area contributed by atoms with E-state index in [0.717, 1.165) is 10.9 Å². The zero-order valence-corrected chi connectivity index (χ0v) is 17.6. The molecule has 160 valence electrons. The van der Waals surface area contributed by atoms with Gasteiger partial charge in [0, 0.05) is 23.5 Å². The van der Waals surface area contributed by atoms with Crippen LogP contribution in [0.1, 0.15) is 32.8 Å². The lowest BCUT2D eigenvalue weighted by Gasteiger charge is -2.25. The predicted molar refractivity (Wildman–Crippen MR) is 111 cm³/mol. The van der Waals surface area contributed by atoms with E-state index in [1.54, 1.807) is 6.20 Å². The van der Waals surface area contributed by atoms with Crippen LogP contribution in [0.25, 0.3) is 10.9 Å². The predicted octanol–water partition coefficient (Wildman–Crippen LogP) is 1.21. The smallest absolute Gasteiger partial charge is 0.347 e. The van der Waals surface area contributed by atoms with E-state index in [1.165, 1.54) is 6.92 Å². The second-order valence-electron chi connectivity index (χ2n) is 7.66. The normalized spacial score (nSPS) is 15.1. The summed E-state index contributed by atoms with van der Waals surface area (Å²) in [5, 5.41) is 5.82. The highest BCUT2D eigenvalue weighted by Crippen LogP contribution is 2.42. The van der Waals surface area contributed by atoms with E-state index in [-0.39, 0.29) is 12.3 Å². The van der Waals surface area contributed by atoms with Gasteiger partial charge in [-0.05, 0) is 30.9 Å². The van der Waals surface area contributed by atoms with Gasteiger partial charge in [-0.3, -0.25) is 14.2 Å². The van der Waals surface area contributed by atoms with Gasteiger partial charge in [-0.15, -0.1) is 0 Å².